The number of ether oxygens (including phenoxy) is 1. The van der Waals surface area contributed by atoms with Crippen LogP contribution < -0.4 is 10.1 Å². The lowest BCUT2D eigenvalue weighted by Crippen LogP contribution is -2.07. The molecule has 1 N–H and O–H groups in total. The van der Waals surface area contributed by atoms with Crippen LogP contribution in [-0.2, 0) is 0 Å². The minimum atomic E-state index is 0.709. The summed E-state index contributed by atoms with van der Waals surface area (Å²) >= 11 is 0. The largest absolute Gasteiger partial charge is 0.491 e. The second-order valence-corrected chi connectivity index (χ2v) is 3.79. The van der Waals surface area contributed by atoms with Crippen LogP contribution in [0.4, 0.5) is 5.82 Å². The zero-order valence-corrected chi connectivity index (χ0v) is 8.53. The molecule has 1 aliphatic carbocycles. The van der Waals surface area contributed by atoms with Crippen molar-refractivity contribution in [1.29, 1.82) is 0 Å². The Morgan fingerprint density at radius 3 is 3.07 bits per heavy atom. The minimum absolute atomic E-state index is 0.709. The van der Waals surface area contributed by atoms with E-state index >= 15 is 0 Å². The highest BCUT2D eigenvalue weighted by Crippen LogP contribution is 2.37. The van der Waals surface area contributed by atoms with E-state index in [2.05, 4.69) is 22.2 Å². The normalized spacial score (nSPS) is 24.4. The molecule has 1 saturated carbocycles. The maximum absolute atomic E-state index is 5.14. The number of anilines is 1. The number of rotatable bonds is 4. The second-order valence-electron chi connectivity index (χ2n) is 3.79. The number of methoxy groups -OCH3 is 1. The molecule has 76 valence electrons. The van der Waals surface area contributed by atoms with Crippen LogP contribution in [0.5, 0.6) is 5.75 Å². The van der Waals surface area contributed by atoms with Gasteiger partial charge in [0.25, 0.3) is 0 Å². The van der Waals surface area contributed by atoms with Gasteiger partial charge >= 0.3 is 0 Å². The predicted molar refractivity (Wildman–Crippen MR) is 54.3 cm³/mol. The van der Waals surface area contributed by atoms with Crippen molar-refractivity contribution < 1.29 is 4.74 Å². The van der Waals surface area contributed by atoms with Gasteiger partial charge in [0.1, 0.15) is 6.33 Å². The van der Waals surface area contributed by atoms with Crippen molar-refractivity contribution in [2.75, 3.05) is 19.0 Å². The smallest absolute Gasteiger partial charge is 0.179 e. The molecule has 0 aliphatic heterocycles. The van der Waals surface area contributed by atoms with E-state index in [9.17, 15) is 0 Å². The Morgan fingerprint density at radius 2 is 2.43 bits per heavy atom. The van der Waals surface area contributed by atoms with Crippen molar-refractivity contribution in [3.8, 4) is 5.75 Å². The van der Waals surface area contributed by atoms with Gasteiger partial charge in [-0.3, -0.25) is 0 Å². The summed E-state index contributed by atoms with van der Waals surface area (Å²) in [7, 11) is 1.63. The maximum atomic E-state index is 5.14. The first-order chi connectivity index (χ1) is 6.81. The topological polar surface area (TPSA) is 47.0 Å². The quantitative estimate of drug-likeness (QED) is 0.788. The Labute approximate surface area is 83.7 Å². The van der Waals surface area contributed by atoms with Gasteiger partial charge in [-0.05, 0) is 18.3 Å². The Kier molecular flexibility index (Phi) is 2.52. The first kappa shape index (κ1) is 9.24. The molecule has 1 aliphatic rings. The third-order valence-corrected chi connectivity index (χ3v) is 2.71. The van der Waals surface area contributed by atoms with Crippen LogP contribution in [0, 0.1) is 11.8 Å². The third kappa shape index (κ3) is 1.95. The summed E-state index contributed by atoms with van der Waals surface area (Å²) in [6, 6.07) is 0. The van der Waals surface area contributed by atoms with Gasteiger partial charge < -0.3 is 10.1 Å². The van der Waals surface area contributed by atoms with Gasteiger partial charge in [-0.15, -0.1) is 0 Å². The molecule has 4 heteroatoms. The molecule has 0 saturated heterocycles. The van der Waals surface area contributed by atoms with Gasteiger partial charge in [0.15, 0.2) is 11.6 Å². The zero-order chi connectivity index (χ0) is 9.97. The second kappa shape index (κ2) is 3.82. The summed E-state index contributed by atoms with van der Waals surface area (Å²) < 4.78 is 5.14. The third-order valence-electron chi connectivity index (χ3n) is 2.71. The van der Waals surface area contributed by atoms with E-state index in [0.717, 1.165) is 24.2 Å². The Morgan fingerprint density at radius 1 is 1.64 bits per heavy atom. The lowest BCUT2D eigenvalue weighted by atomic mass is 10.3. The molecule has 14 heavy (non-hydrogen) atoms. The number of hydrogen-bond acceptors (Lipinski definition) is 4. The van der Waals surface area contributed by atoms with E-state index in [1.165, 1.54) is 12.7 Å². The summed E-state index contributed by atoms with van der Waals surface area (Å²) in [5, 5.41) is 3.28. The minimum Gasteiger partial charge on any atom is -0.491 e. The molecular formula is C10H15N3O. The molecule has 2 atom stereocenters. The van der Waals surface area contributed by atoms with E-state index in [-0.39, 0.29) is 0 Å². The van der Waals surface area contributed by atoms with E-state index in [4.69, 9.17) is 4.74 Å². The molecule has 0 bridgehead atoms. The molecule has 2 rings (SSSR count). The van der Waals surface area contributed by atoms with Crippen LogP contribution in [-0.4, -0.2) is 23.6 Å². The average molecular weight is 193 g/mol. The standard InChI is InChI=1S/C10H15N3O/c1-7-3-8(7)4-12-10-9(14-2)5-11-6-13-10/h5-8H,3-4H2,1-2H3,(H,11,12,13). The van der Waals surface area contributed by atoms with Crippen molar-refractivity contribution in [2.45, 2.75) is 13.3 Å². The van der Waals surface area contributed by atoms with Gasteiger partial charge in [-0.2, -0.15) is 0 Å². The molecule has 0 radical (unpaired) electrons. The number of aromatic nitrogens is 2. The van der Waals surface area contributed by atoms with Crippen LogP contribution in [0.1, 0.15) is 13.3 Å². The highest BCUT2D eigenvalue weighted by molar-refractivity contribution is 5.47. The number of nitrogens with zero attached hydrogens (tertiary/aromatic N) is 2. The number of hydrogen-bond donors (Lipinski definition) is 1. The van der Waals surface area contributed by atoms with Crippen LogP contribution >= 0.6 is 0 Å². The lowest BCUT2D eigenvalue weighted by molar-refractivity contribution is 0.412. The Bertz CT molecular complexity index is 316. The molecule has 2 unspecified atom stereocenters. The van der Waals surface area contributed by atoms with Gasteiger partial charge in [-0.25, -0.2) is 9.97 Å². The molecular weight excluding hydrogens is 178 g/mol. The van der Waals surface area contributed by atoms with Crippen molar-refractivity contribution in [2.24, 2.45) is 11.8 Å². The summed E-state index contributed by atoms with van der Waals surface area (Å²) in [6.07, 6.45) is 4.52. The first-order valence-corrected chi connectivity index (χ1v) is 4.89. The van der Waals surface area contributed by atoms with E-state index in [0.29, 0.717) is 5.75 Å². The van der Waals surface area contributed by atoms with Crippen LogP contribution in [0.25, 0.3) is 0 Å². The van der Waals surface area contributed by atoms with Crippen LogP contribution in [0.15, 0.2) is 12.5 Å². The Hall–Kier alpha value is -1.32. The van der Waals surface area contributed by atoms with E-state index < -0.39 is 0 Å². The van der Waals surface area contributed by atoms with E-state index in [1.54, 1.807) is 13.3 Å². The summed E-state index contributed by atoms with van der Waals surface area (Å²) in [5.41, 5.74) is 0. The fourth-order valence-electron chi connectivity index (χ4n) is 1.51. The molecule has 0 aromatic carbocycles. The summed E-state index contributed by atoms with van der Waals surface area (Å²) in [5.74, 6) is 3.16. The monoisotopic (exact) mass is 193 g/mol. The van der Waals surface area contributed by atoms with Crippen LogP contribution in [0.2, 0.25) is 0 Å². The zero-order valence-electron chi connectivity index (χ0n) is 8.53. The fraction of sp³-hybridized carbons (Fsp3) is 0.600. The SMILES string of the molecule is COc1cncnc1NCC1CC1C. The average Bonchev–Trinajstić information content (AvgIpc) is 2.92. The Balaban J connectivity index is 1.94. The molecule has 0 amide bonds. The molecule has 1 heterocycles. The molecule has 4 nitrogen and oxygen atoms in total. The number of nitrogens with one attached hydrogen (secondary N) is 1. The maximum Gasteiger partial charge on any atom is 0.179 e. The van der Waals surface area contributed by atoms with Crippen LogP contribution in [0.3, 0.4) is 0 Å². The molecule has 1 aromatic rings. The van der Waals surface area contributed by atoms with Gasteiger partial charge in [0.2, 0.25) is 0 Å². The fourth-order valence-corrected chi connectivity index (χ4v) is 1.51. The summed E-state index contributed by atoms with van der Waals surface area (Å²) in [4.78, 5) is 8.02. The molecule has 1 aromatic heterocycles. The van der Waals surface area contributed by atoms with Crippen molar-refractivity contribution >= 4 is 5.82 Å². The molecule has 0 spiro atoms. The van der Waals surface area contributed by atoms with Crippen molar-refractivity contribution in [3.05, 3.63) is 12.5 Å². The van der Waals surface area contributed by atoms with Crippen molar-refractivity contribution in [3.63, 3.8) is 0 Å². The predicted octanol–water partition coefficient (Wildman–Crippen LogP) is 1.55. The lowest BCUT2D eigenvalue weighted by Gasteiger charge is -2.08. The molecule has 1 fully saturated rings. The highest BCUT2D eigenvalue weighted by Gasteiger charge is 2.32. The van der Waals surface area contributed by atoms with Gasteiger partial charge in [-0.1, -0.05) is 6.92 Å². The summed E-state index contributed by atoms with van der Waals surface area (Å²) in [6.45, 7) is 3.25. The highest BCUT2D eigenvalue weighted by atomic mass is 16.5. The van der Waals surface area contributed by atoms with E-state index in [1.807, 2.05) is 0 Å². The van der Waals surface area contributed by atoms with Gasteiger partial charge in [0.05, 0.1) is 13.3 Å². The van der Waals surface area contributed by atoms with Crippen molar-refractivity contribution in [1.82, 2.24) is 9.97 Å². The van der Waals surface area contributed by atoms with Gasteiger partial charge in [0, 0.05) is 6.54 Å². The first-order valence-electron chi connectivity index (χ1n) is 4.89.